The molecular weight excluding hydrogens is 228 g/mol. The van der Waals surface area contributed by atoms with Gasteiger partial charge in [0, 0.05) is 23.7 Å². The zero-order valence-corrected chi connectivity index (χ0v) is 14.7. The molecule has 15 heavy (non-hydrogen) atoms. The Morgan fingerprint density at radius 1 is 0.533 bits per heavy atom. The van der Waals surface area contributed by atoms with Gasteiger partial charge in [-0.25, -0.2) is 0 Å². The van der Waals surface area contributed by atoms with Crippen molar-refractivity contribution in [2.24, 2.45) is 0 Å². The summed E-state index contributed by atoms with van der Waals surface area (Å²) in [7, 11) is -0.220. The van der Waals surface area contributed by atoms with Gasteiger partial charge in [-0.3, -0.25) is 0 Å². The van der Waals surface area contributed by atoms with E-state index in [4.69, 9.17) is 0 Å². The normalized spacial score (nSPS) is 13.2. The Balaban J connectivity index is 4.74. The monoisotopic (exact) mass is 258 g/mol. The molecule has 0 rings (SSSR count). The molecule has 0 saturated heterocycles. The minimum Gasteiger partial charge on any atom is -0.0680 e. The Morgan fingerprint density at radius 3 is 0.867 bits per heavy atom. The fourth-order valence-electron chi connectivity index (χ4n) is 2.59. The second kappa shape index (κ2) is 7.07. The van der Waals surface area contributed by atoms with Crippen LogP contribution in [-0.2, 0) is 0 Å². The lowest BCUT2D eigenvalue weighted by Crippen LogP contribution is -2.55. The number of hydrogen-bond acceptors (Lipinski definition) is 0. The minimum atomic E-state index is -0.826. The SMILES string of the molecule is CC[Si](CC)(CC)[Si][Si](CC)(CC)CC. The maximum atomic E-state index is 2.46. The Hall–Kier alpha value is 0.651. The van der Waals surface area contributed by atoms with Crippen molar-refractivity contribution < 1.29 is 0 Å². The molecule has 0 aromatic rings. The first-order chi connectivity index (χ1) is 7.07. The molecule has 0 aliphatic rings. The van der Waals surface area contributed by atoms with E-state index in [1.165, 1.54) is 44.8 Å². The molecule has 0 amide bonds. The summed E-state index contributed by atoms with van der Waals surface area (Å²) in [4.78, 5) is 0. The average molecular weight is 259 g/mol. The number of rotatable bonds is 8. The van der Waals surface area contributed by atoms with Gasteiger partial charge in [-0.1, -0.05) is 77.8 Å². The van der Waals surface area contributed by atoms with Gasteiger partial charge < -0.3 is 0 Å². The van der Waals surface area contributed by atoms with Gasteiger partial charge in [0.2, 0.25) is 0 Å². The van der Waals surface area contributed by atoms with Crippen LogP contribution in [-0.4, -0.2) is 23.7 Å². The van der Waals surface area contributed by atoms with Crippen LogP contribution >= 0.6 is 0 Å². The van der Waals surface area contributed by atoms with Crippen molar-refractivity contribution in [3.63, 3.8) is 0 Å². The first-order valence-corrected chi connectivity index (χ1v) is 15.1. The van der Waals surface area contributed by atoms with Gasteiger partial charge in [0.1, 0.15) is 0 Å². The lowest BCUT2D eigenvalue weighted by molar-refractivity contribution is 1.20. The molecule has 0 saturated carbocycles. The lowest BCUT2D eigenvalue weighted by Gasteiger charge is -2.38. The van der Waals surface area contributed by atoms with Crippen molar-refractivity contribution in [1.29, 1.82) is 0 Å². The van der Waals surface area contributed by atoms with Crippen LogP contribution in [0.4, 0.5) is 0 Å². The molecule has 3 heteroatoms. The van der Waals surface area contributed by atoms with Crippen molar-refractivity contribution in [3.8, 4) is 0 Å². The second-order valence-corrected chi connectivity index (χ2v) is 23.8. The standard InChI is InChI=1S/C12H30Si3/c1-7-14(8-2,9-3)13-15(10-4,11-5)12-6/h7-12H2,1-6H3. The van der Waals surface area contributed by atoms with E-state index >= 15 is 0 Å². The van der Waals surface area contributed by atoms with Crippen LogP contribution in [0.2, 0.25) is 36.3 Å². The van der Waals surface area contributed by atoms with E-state index in [2.05, 4.69) is 41.5 Å². The molecule has 0 unspecified atom stereocenters. The highest BCUT2D eigenvalue weighted by Gasteiger charge is 2.38. The topological polar surface area (TPSA) is 0 Å². The maximum Gasteiger partial charge on any atom is 0.0382 e. The molecule has 0 nitrogen and oxygen atoms in total. The van der Waals surface area contributed by atoms with Gasteiger partial charge in [0.15, 0.2) is 0 Å². The first kappa shape index (κ1) is 15.7. The summed E-state index contributed by atoms with van der Waals surface area (Å²) in [5, 5.41) is 0. The molecule has 0 fully saturated rings. The van der Waals surface area contributed by atoms with Crippen molar-refractivity contribution in [1.82, 2.24) is 0 Å². The summed E-state index contributed by atoms with van der Waals surface area (Å²) in [5.41, 5.74) is 0. The molecular formula is C12H30Si3. The van der Waals surface area contributed by atoms with Crippen molar-refractivity contribution in [3.05, 3.63) is 0 Å². The lowest BCUT2D eigenvalue weighted by atomic mass is 10.9. The highest BCUT2D eigenvalue weighted by Crippen LogP contribution is 2.28. The highest BCUT2D eigenvalue weighted by molar-refractivity contribution is 7.53. The third-order valence-electron chi connectivity index (χ3n) is 4.59. The second-order valence-electron chi connectivity index (χ2n) is 4.81. The molecule has 0 heterocycles. The summed E-state index contributed by atoms with van der Waals surface area (Å²) >= 11 is 0. The van der Waals surface area contributed by atoms with Crippen LogP contribution in [0.15, 0.2) is 0 Å². The molecule has 0 aromatic heterocycles. The van der Waals surface area contributed by atoms with Crippen molar-refractivity contribution in [2.45, 2.75) is 77.8 Å². The zero-order valence-electron chi connectivity index (χ0n) is 11.7. The average Bonchev–Trinajstić information content (AvgIpc) is 2.33. The molecule has 0 spiro atoms. The van der Waals surface area contributed by atoms with E-state index in [0.29, 0.717) is 0 Å². The first-order valence-electron chi connectivity index (χ1n) is 6.86. The Morgan fingerprint density at radius 2 is 0.733 bits per heavy atom. The fourth-order valence-corrected chi connectivity index (χ4v) is 34.0. The van der Waals surface area contributed by atoms with Gasteiger partial charge in [0.05, 0.1) is 0 Å². The third kappa shape index (κ3) is 3.86. The van der Waals surface area contributed by atoms with E-state index in [0.717, 1.165) is 0 Å². The van der Waals surface area contributed by atoms with Gasteiger partial charge >= 0.3 is 0 Å². The largest absolute Gasteiger partial charge is 0.0680 e. The Kier molecular flexibility index (Phi) is 7.38. The van der Waals surface area contributed by atoms with E-state index in [9.17, 15) is 0 Å². The fraction of sp³-hybridized carbons (Fsp3) is 1.00. The van der Waals surface area contributed by atoms with E-state index < -0.39 is 15.2 Å². The van der Waals surface area contributed by atoms with Crippen LogP contribution in [0.5, 0.6) is 0 Å². The summed E-state index contributed by atoms with van der Waals surface area (Å²) in [6, 6.07) is 9.21. The maximum absolute atomic E-state index is 2.46. The quantitative estimate of drug-likeness (QED) is 0.554. The molecule has 0 bridgehead atoms. The van der Waals surface area contributed by atoms with Crippen molar-refractivity contribution in [2.75, 3.05) is 0 Å². The molecule has 0 aliphatic carbocycles. The van der Waals surface area contributed by atoms with Crippen LogP contribution < -0.4 is 0 Å². The van der Waals surface area contributed by atoms with Gasteiger partial charge in [-0.15, -0.1) is 0 Å². The molecule has 90 valence electrons. The van der Waals surface area contributed by atoms with Crippen molar-refractivity contribution >= 4 is 23.7 Å². The van der Waals surface area contributed by atoms with E-state index in [-0.39, 0.29) is 0 Å². The summed E-state index contributed by atoms with van der Waals surface area (Å²) in [6.07, 6.45) is 0. The predicted molar refractivity (Wildman–Crippen MR) is 80.1 cm³/mol. The van der Waals surface area contributed by atoms with Crippen LogP contribution in [0, 0.1) is 0 Å². The van der Waals surface area contributed by atoms with Gasteiger partial charge in [-0.2, -0.15) is 0 Å². The summed E-state index contributed by atoms with van der Waals surface area (Å²) < 4.78 is 0. The van der Waals surface area contributed by atoms with Gasteiger partial charge in [-0.05, 0) is 0 Å². The highest BCUT2D eigenvalue weighted by atomic mass is 29.6. The smallest absolute Gasteiger partial charge is 0.0382 e. The molecule has 0 atom stereocenters. The van der Waals surface area contributed by atoms with Crippen LogP contribution in [0.3, 0.4) is 0 Å². The van der Waals surface area contributed by atoms with Gasteiger partial charge in [0.25, 0.3) is 0 Å². The van der Waals surface area contributed by atoms with E-state index in [1.54, 1.807) is 0 Å². The Labute approximate surface area is 102 Å². The minimum absolute atomic E-state index is 0.826. The summed E-state index contributed by atoms with van der Waals surface area (Å²) in [5.74, 6) is 0. The van der Waals surface area contributed by atoms with Crippen LogP contribution in [0.25, 0.3) is 0 Å². The zero-order chi connectivity index (χ0) is 11.9. The van der Waals surface area contributed by atoms with E-state index in [1.807, 2.05) is 0 Å². The molecule has 0 aromatic carbocycles. The molecule has 0 aliphatic heterocycles. The third-order valence-corrected chi connectivity index (χ3v) is 32.9. The van der Waals surface area contributed by atoms with Crippen LogP contribution in [0.1, 0.15) is 41.5 Å². The summed E-state index contributed by atoms with van der Waals surface area (Å²) in [6.45, 7) is 14.8. The predicted octanol–water partition coefficient (Wildman–Crippen LogP) is 4.70. The molecule has 2 radical (unpaired) electrons. The molecule has 0 N–H and O–H groups in total. The number of hydrogen-bond donors (Lipinski definition) is 0. The Bertz CT molecular complexity index is 126.